The zero-order chi connectivity index (χ0) is 24.2. The van der Waals surface area contributed by atoms with Crippen molar-refractivity contribution in [2.45, 2.75) is 12.6 Å². The number of aromatic nitrogens is 1. The molecule has 0 atom stereocenters. The Morgan fingerprint density at radius 1 is 1.15 bits per heavy atom. The summed E-state index contributed by atoms with van der Waals surface area (Å²) in [6, 6.07) is 7.56. The highest BCUT2D eigenvalue weighted by Crippen LogP contribution is 2.34. The van der Waals surface area contributed by atoms with Crippen LogP contribution in [0.25, 0.3) is 0 Å². The Morgan fingerprint density at radius 3 is 2.55 bits per heavy atom. The smallest absolute Gasteiger partial charge is 0.417 e. The summed E-state index contributed by atoms with van der Waals surface area (Å²) in [4.78, 5) is 33.8. The first-order valence-corrected chi connectivity index (χ1v) is 10.6. The number of hydrogen-bond donors (Lipinski definition) is 0. The van der Waals surface area contributed by atoms with E-state index >= 15 is 0 Å². The van der Waals surface area contributed by atoms with E-state index < -0.39 is 11.7 Å². The van der Waals surface area contributed by atoms with Crippen molar-refractivity contribution in [2.75, 3.05) is 51.8 Å². The number of ether oxygens (including phenoxy) is 1. The molecule has 7 nitrogen and oxygen atoms in total. The van der Waals surface area contributed by atoms with E-state index in [9.17, 15) is 22.8 Å². The lowest BCUT2D eigenvalue weighted by Gasteiger charge is -2.24. The molecule has 2 amide bonds. The van der Waals surface area contributed by atoms with E-state index in [4.69, 9.17) is 16.3 Å². The maximum absolute atomic E-state index is 13.2. The Hall–Kier alpha value is -3.01. The first-order valence-electron chi connectivity index (χ1n) is 10.3. The monoisotopic (exact) mass is 484 g/mol. The minimum absolute atomic E-state index is 0.0890. The van der Waals surface area contributed by atoms with Crippen LogP contribution < -0.4 is 9.64 Å². The van der Waals surface area contributed by atoms with Gasteiger partial charge in [0.05, 0.1) is 16.1 Å². The van der Waals surface area contributed by atoms with E-state index in [1.807, 2.05) is 0 Å². The molecular weight excluding hydrogens is 461 g/mol. The molecule has 0 unspecified atom stereocenters. The molecule has 1 aromatic heterocycles. The normalized spacial score (nSPS) is 14.6. The zero-order valence-electron chi connectivity index (χ0n) is 18.2. The first-order chi connectivity index (χ1) is 15.6. The predicted molar refractivity (Wildman–Crippen MR) is 118 cm³/mol. The maximum Gasteiger partial charge on any atom is 0.417 e. The van der Waals surface area contributed by atoms with Crippen molar-refractivity contribution >= 4 is 29.2 Å². The number of nitrogens with zero attached hydrogens (tertiary/aromatic N) is 4. The molecule has 0 saturated carbocycles. The second-order valence-corrected chi connectivity index (χ2v) is 8.14. The van der Waals surface area contributed by atoms with E-state index in [1.165, 1.54) is 4.90 Å². The Bertz CT molecular complexity index is 1020. The second-order valence-electron chi connectivity index (χ2n) is 7.73. The van der Waals surface area contributed by atoms with Crippen molar-refractivity contribution < 1.29 is 27.5 Å². The lowest BCUT2D eigenvalue weighted by Crippen LogP contribution is -2.36. The molecule has 0 radical (unpaired) electrons. The molecular formula is C22H24ClF3N4O3. The van der Waals surface area contributed by atoms with Crippen LogP contribution in [0.3, 0.4) is 0 Å². The largest absolute Gasteiger partial charge is 0.483 e. The number of carbonyl (C=O) groups excluding carboxylic acids is 2. The molecule has 1 fully saturated rings. The summed E-state index contributed by atoms with van der Waals surface area (Å²) in [6.07, 6.45) is -3.19. The van der Waals surface area contributed by atoms with Gasteiger partial charge in [0.1, 0.15) is 11.6 Å². The summed E-state index contributed by atoms with van der Waals surface area (Å²) in [5, 5.41) is -0.0890. The van der Waals surface area contributed by atoms with E-state index in [0.29, 0.717) is 43.9 Å². The van der Waals surface area contributed by atoms with Gasteiger partial charge in [0, 0.05) is 46.5 Å². The number of alkyl halides is 3. The van der Waals surface area contributed by atoms with Gasteiger partial charge in [0.2, 0.25) is 0 Å². The van der Waals surface area contributed by atoms with Crippen LogP contribution in [0.4, 0.5) is 19.0 Å². The Kier molecular flexibility index (Phi) is 7.68. The zero-order valence-corrected chi connectivity index (χ0v) is 19.0. The highest BCUT2D eigenvalue weighted by molar-refractivity contribution is 6.33. The number of hydrogen-bond acceptors (Lipinski definition) is 5. The summed E-state index contributed by atoms with van der Waals surface area (Å²) in [7, 11) is 3.23. The van der Waals surface area contributed by atoms with Crippen LogP contribution in [0.15, 0.2) is 36.5 Å². The molecule has 1 aliphatic rings. The Balaban J connectivity index is 1.70. The van der Waals surface area contributed by atoms with Gasteiger partial charge in [-0.15, -0.1) is 0 Å². The third-order valence-corrected chi connectivity index (χ3v) is 5.48. The van der Waals surface area contributed by atoms with Crippen molar-refractivity contribution in [1.82, 2.24) is 14.8 Å². The van der Waals surface area contributed by atoms with Crippen molar-refractivity contribution in [3.63, 3.8) is 0 Å². The fourth-order valence-electron chi connectivity index (χ4n) is 3.36. The second kappa shape index (κ2) is 10.3. The van der Waals surface area contributed by atoms with Gasteiger partial charge in [-0.3, -0.25) is 9.59 Å². The molecule has 0 N–H and O–H groups in total. The molecule has 2 aromatic rings. The Labute approximate surface area is 194 Å². The summed E-state index contributed by atoms with van der Waals surface area (Å²) in [5.41, 5.74) is -0.574. The number of carbonyl (C=O) groups is 2. The molecule has 1 aromatic carbocycles. The lowest BCUT2D eigenvalue weighted by atomic mass is 10.1. The van der Waals surface area contributed by atoms with Gasteiger partial charge in [0.25, 0.3) is 11.8 Å². The third kappa shape index (κ3) is 6.07. The molecule has 178 valence electrons. The van der Waals surface area contributed by atoms with Crippen LogP contribution >= 0.6 is 11.6 Å². The number of para-hydroxylation sites is 1. The first kappa shape index (κ1) is 24.6. The van der Waals surface area contributed by atoms with Gasteiger partial charge in [-0.1, -0.05) is 23.7 Å². The summed E-state index contributed by atoms with van der Waals surface area (Å²) in [6.45, 7) is 1.41. The van der Waals surface area contributed by atoms with Crippen LogP contribution in [-0.4, -0.2) is 73.5 Å². The fourth-order valence-corrected chi connectivity index (χ4v) is 3.64. The molecule has 0 spiro atoms. The molecule has 11 heteroatoms. The maximum atomic E-state index is 13.2. The standard InChI is InChI=1S/C22H24ClF3N4O3/c1-28(2)19(31)14-33-18-7-4-3-6-16(18)21(32)30-9-5-8-29(10-11-30)20-17(23)12-15(13-27-20)22(24,25)26/h3-4,6-7,12-13H,5,8-11,14H2,1-2H3. The summed E-state index contributed by atoms with van der Waals surface area (Å²) < 4.78 is 44.3. The van der Waals surface area contributed by atoms with Crippen LogP contribution in [0, 0.1) is 0 Å². The molecule has 1 aliphatic heterocycles. The molecule has 1 saturated heterocycles. The van der Waals surface area contributed by atoms with E-state index in [0.717, 1.165) is 12.3 Å². The fraction of sp³-hybridized carbons (Fsp3) is 0.409. The summed E-state index contributed by atoms with van der Waals surface area (Å²) >= 11 is 6.09. The van der Waals surface area contributed by atoms with E-state index in [-0.39, 0.29) is 29.3 Å². The molecule has 33 heavy (non-hydrogen) atoms. The topological polar surface area (TPSA) is 66.0 Å². The van der Waals surface area contributed by atoms with Gasteiger partial charge in [-0.2, -0.15) is 13.2 Å². The van der Waals surface area contributed by atoms with Gasteiger partial charge < -0.3 is 19.4 Å². The predicted octanol–water partition coefficient (Wildman–Crippen LogP) is 3.57. The van der Waals surface area contributed by atoms with E-state index in [2.05, 4.69) is 4.98 Å². The number of likely N-dealkylation sites (N-methyl/N-ethyl adjacent to an activating group) is 1. The number of halogens is 4. The summed E-state index contributed by atoms with van der Waals surface area (Å²) in [5.74, 6) is 0.0796. The SMILES string of the molecule is CN(C)C(=O)COc1ccccc1C(=O)N1CCCN(c2ncc(C(F)(F)F)cc2Cl)CC1. The van der Waals surface area contributed by atoms with Crippen LogP contribution in [0.5, 0.6) is 5.75 Å². The van der Waals surface area contributed by atoms with Crippen molar-refractivity contribution in [2.24, 2.45) is 0 Å². The molecule has 3 rings (SSSR count). The quantitative estimate of drug-likeness (QED) is 0.649. The number of benzene rings is 1. The highest BCUT2D eigenvalue weighted by Gasteiger charge is 2.32. The molecule has 0 bridgehead atoms. The van der Waals surface area contributed by atoms with Crippen LogP contribution in [-0.2, 0) is 11.0 Å². The number of anilines is 1. The van der Waals surface area contributed by atoms with Gasteiger partial charge >= 0.3 is 6.18 Å². The molecule has 2 heterocycles. The minimum atomic E-state index is -4.52. The van der Waals surface area contributed by atoms with Crippen LogP contribution in [0.2, 0.25) is 5.02 Å². The van der Waals surface area contributed by atoms with Crippen molar-refractivity contribution in [3.05, 3.63) is 52.7 Å². The van der Waals surface area contributed by atoms with E-state index in [1.54, 1.807) is 48.2 Å². The molecule has 0 aliphatic carbocycles. The van der Waals surface area contributed by atoms with Gasteiger partial charge in [-0.05, 0) is 24.6 Å². The Morgan fingerprint density at radius 2 is 1.88 bits per heavy atom. The average Bonchev–Trinajstić information content (AvgIpc) is 3.02. The minimum Gasteiger partial charge on any atom is -0.483 e. The van der Waals surface area contributed by atoms with Crippen LogP contribution in [0.1, 0.15) is 22.3 Å². The van der Waals surface area contributed by atoms with Crippen molar-refractivity contribution in [1.29, 1.82) is 0 Å². The van der Waals surface area contributed by atoms with Gasteiger partial charge in [-0.25, -0.2) is 4.98 Å². The number of amides is 2. The van der Waals surface area contributed by atoms with Gasteiger partial charge in [0.15, 0.2) is 6.61 Å². The average molecular weight is 485 g/mol. The lowest BCUT2D eigenvalue weighted by molar-refractivity contribution is -0.137. The third-order valence-electron chi connectivity index (χ3n) is 5.20. The van der Waals surface area contributed by atoms with Crippen molar-refractivity contribution in [3.8, 4) is 5.75 Å². The highest BCUT2D eigenvalue weighted by atomic mass is 35.5. The number of rotatable bonds is 5. The number of pyridine rings is 1.